The predicted molar refractivity (Wildman–Crippen MR) is 127 cm³/mol. The summed E-state index contributed by atoms with van der Waals surface area (Å²) in [5.41, 5.74) is 7.65. The fraction of sp³-hybridized carbons (Fsp3) is 0.333. The topological polar surface area (TPSA) is 163 Å². The molecule has 1 unspecified atom stereocenters. The van der Waals surface area contributed by atoms with Gasteiger partial charge in [0.1, 0.15) is 47.7 Å². The number of carbonyl (C=O) groups excluding carboxylic acids is 1. The third-order valence-electron chi connectivity index (χ3n) is 5.23. The van der Waals surface area contributed by atoms with Crippen LogP contribution in [0.1, 0.15) is 17.5 Å². The number of carboxylic acid groups (broad SMARTS) is 1. The Hall–Kier alpha value is -4.12. The number of carboxylic acids is 1. The van der Waals surface area contributed by atoms with Crippen molar-refractivity contribution in [2.75, 3.05) is 27.4 Å². The molecule has 0 aliphatic rings. The summed E-state index contributed by atoms with van der Waals surface area (Å²) in [7, 11) is 2.99. The Morgan fingerprint density at radius 3 is 2.37 bits per heavy atom. The van der Waals surface area contributed by atoms with Crippen LogP contribution < -0.4 is 25.5 Å². The van der Waals surface area contributed by atoms with Crippen molar-refractivity contribution in [3.05, 3.63) is 45.7 Å². The average molecular weight is 485 g/mol. The minimum Gasteiger partial charge on any atom is -0.497 e. The standard InChI is InChI=1S/C24H27N3O8/c1-12-7-14(8-13(2)21(12)35-6-5-34-19(28)11-16(25)24(30)31)22-26-17-9-15(32-3)10-18(33-4)20(17)23(29)27-22/h7-10,16H,5-6,11,25H2,1-4H3,(H,30,31)(H,26,27,29). The summed E-state index contributed by atoms with van der Waals surface area (Å²) in [6.45, 7) is 3.69. The van der Waals surface area contributed by atoms with Crippen LogP contribution in [0.2, 0.25) is 0 Å². The zero-order valence-corrected chi connectivity index (χ0v) is 19.8. The largest absolute Gasteiger partial charge is 0.497 e. The molecule has 1 atom stereocenters. The number of methoxy groups -OCH3 is 2. The molecular formula is C24H27N3O8. The highest BCUT2D eigenvalue weighted by molar-refractivity contribution is 5.87. The molecule has 11 heteroatoms. The van der Waals surface area contributed by atoms with Gasteiger partial charge in [-0.1, -0.05) is 0 Å². The van der Waals surface area contributed by atoms with Gasteiger partial charge in [-0.25, -0.2) is 4.98 Å². The first kappa shape index (κ1) is 25.5. The highest BCUT2D eigenvalue weighted by atomic mass is 16.6. The number of ether oxygens (including phenoxy) is 4. The molecule has 35 heavy (non-hydrogen) atoms. The number of nitrogens with one attached hydrogen (secondary N) is 1. The molecule has 0 saturated heterocycles. The van der Waals surface area contributed by atoms with E-state index in [0.717, 1.165) is 11.1 Å². The van der Waals surface area contributed by atoms with Crippen LogP contribution >= 0.6 is 0 Å². The van der Waals surface area contributed by atoms with Crippen molar-refractivity contribution in [1.29, 1.82) is 0 Å². The molecule has 1 heterocycles. The lowest BCUT2D eigenvalue weighted by atomic mass is 10.0. The molecule has 3 rings (SSSR count). The summed E-state index contributed by atoms with van der Waals surface area (Å²) >= 11 is 0. The van der Waals surface area contributed by atoms with Crippen molar-refractivity contribution in [1.82, 2.24) is 9.97 Å². The summed E-state index contributed by atoms with van der Waals surface area (Å²) in [6.07, 6.45) is -0.420. The van der Waals surface area contributed by atoms with E-state index in [1.807, 2.05) is 26.0 Å². The molecule has 11 nitrogen and oxygen atoms in total. The Morgan fingerprint density at radius 2 is 1.77 bits per heavy atom. The number of benzene rings is 2. The second-order valence-corrected chi connectivity index (χ2v) is 7.80. The van der Waals surface area contributed by atoms with Crippen molar-refractivity contribution in [3.63, 3.8) is 0 Å². The fourth-order valence-corrected chi connectivity index (χ4v) is 3.57. The van der Waals surface area contributed by atoms with Crippen LogP contribution in [0.4, 0.5) is 0 Å². The van der Waals surface area contributed by atoms with E-state index in [9.17, 15) is 14.4 Å². The van der Waals surface area contributed by atoms with Crippen molar-refractivity contribution in [3.8, 4) is 28.6 Å². The Kier molecular flexibility index (Phi) is 7.92. The van der Waals surface area contributed by atoms with Crippen molar-refractivity contribution >= 4 is 22.8 Å². The summed E-state index contributed by atoms with van der Waals surface area (Å²) in [6, 6.07) is 5.62. The monoisotopic (exact) mass is 485 g/mol. The third-order valence-corrected chi connectivity index (χ3v) is 5.23. The summed E-state index contributed by atoms with van der Waals surface area (Å²) < 4.78 is 21.3. The first-order chi connectivity index (χ1) is 16.6. The molecule has 0 aliphatic heterocycles. The minimum absolute atomic E-state index is 0.0605. The highest BCUT2D eigenvalue weighted by Gasteiger charge is 2.18. The quantitative estimate of drug-likeness (QED) is 0.286. The lowest BCUT2D eigenvalue weighted by molar-refractivity contribution is -0.149. The van der Waals surface area contributed by atoms with Crippen molar-refractivity contribution in [2.45, 2.75) is 26.3 Å². The maximum absolute atomic E-state index is 12.8. The Labute approximate surface area is 200 Å². The zero-order chi connectivity index (χ0) is 25.7. The van der Waals surface area contributed by atoms with E-state index in [-0.39, 0.29) is 18.8 Å². The molecule has 4 N–H and O–H groups in total. The van der Waals surface area contributed by atoms with Crippen LogP contribution in [0.25, 0.3) is 22.3 Å². The van der Waals surface area contributed by atoms with Gasteiger partial charge >= 0.3 is 11.9 Å². The number of aromatic nitrogens is 2. The van der Waals surface area contributed by atoms with Crippen LogP contribution in [0.15, 0.2) is 29.1 Å². The van der Waals surface area contributed by atoms with Gasteiger partial charge in [-0.15, -0.1) is 0 Å². The van der Waals surface area contributed by atoms with Gasteiger partial charge in [0, 0.05) is 17.7 Å². The van der Waals surface area contributed by atoms with Gasteiger partial charge in [-0.3, -0.25) is 14.4 Å². The van der Waals surface area contributed by atoms with E-state index >= 15 is 0 Å². The molecule has 0 bridgehead atoms. The molecular weight excluding hydrogens is 458 g/mol. The second-order valence-electron chi connectivity index (χ2n) is 7.80. The Balaban J connectivity index is 1.78. The normalized spacial score (nSPS) is 11.7. The summed E-state index contributed by atoms with van der Waals surface area (Å²) in [5, 5.41) is 9.06. The number of fused-ring (bicyclic) bond motifs is 1. The number of esters is 1. The Morgan fingerprint density at radius 1 is 1.09 bits per heavy atom. The molecule has 2 aromatic carbocycles. The molecule has 0 spiro atoms. The lowest BCUT2D eigenvalue weighted by Crippen LogP contribution is -2.33. The number of hydrogen-bond donors (Lipinski definition) is 3. The molecule has 0 amide bonds. The van der Waals surface area contributed by atoms with Gasteiger partial charge in [-0.05, 0) is 37.1 Å². The molecule has 0 fully saturated rings. The number of nitrogens with zero attached hydrogens (tertiary/aromatic N) is 1. The fourth-order valence-electron chi connectivity index (χ4n) is 3.57. The first-order valence-electron chi connectivity index (χ1n) is 10.7. The smallest absolute Gasteiger partial charge is 0.321 e. The molecule has 0 aliphatic carbocycles. The number of carbonyl (C=O) groups is 2. The molecule has 0 saturated carbocycles. The maximum Gasteiger partial charge on any atom is 0.321 e. The molecule has 3 aromatic rings. The van der Waals surface area contributed by atoms with E-state index in [1.165, 1.54) is 14.2 Å². The van der Waals surface area contributed by atoms with Gasteiger partial charge in [0.2, 0.25) is 0 Å². The number of rotatable bonds is 10. The van der Waals surface area contributed by atoms with Gasteiger partial charge in [-0.2, -0.15) is 0 Å². The van der Waals surface area contributed by atoms with Gasteiger partial charge < -0.3 is 34.8 Å². The minimum atomic E-state index is -1.31. The number of H-pyrrole nitrogens is 1. The van der Waals surface area contributed by atoms with Gasteiger partial charge in [0.25, 0.3) is 5.56 Å². The first-order valence-corrected chi connectivity index (χ1v) is 10.7. The van der Waals surface area contributed by atoms with Gasteiger partial charge in [0.15, 0.2) is 0 Å². The SMILES string of the molecule is COc1cc(OC)c2c(=O)[nH]c(-c3cc(C)c(OCCOC(=O)CC(N)C(=O)O)c(C)c3)nc2c1. The highest BCUT2D eigenvalue weighted by Crippen LogP contribution is 2.31. The van der Waals surface area contributed by atoms with Crippen molar-refractivity contribution < 1.29 is 33.6 Å². The van der Waals surface area contributed by atoms with Crippen molar-refractivity contribution in [2.24, 2.45) is 5.73 Å². The average Bonchev–Trinajstić information content (AvgIpc) is 2.81. The Bertz CT molecular complexity index is 1300. The summed E-state index contributed by atoms with van der Waals surface area (Å²) in [4.78, 5) is 42.5. The van der Waals surface area contributed by atoms with Gasteiger partial charge in [0.05, 0.1) is 26.2 Å². The third kappa shape index (κ3) is 5.87. The van der Waals surface area contributed by atoms with Crippen LogP contribution in [-0.4, -0.2) is 60.5 Å². The zero-order valence-electron chi connectivity index (χ0n) is 19.8. The number of aromatic amines is 1. The van der Waals surface area contributed by atoms with Crippen LogP contribution in [0.5, 0.6) is 17.2 Å². The van der Waals surface area contributed by atoms with E-state index in [4.69, 9.17) is 29.8 Å². The summed E-state index contributed by atoms with van der Waals surface area (Å²) in [5.74, 6) is -0.142. The van der Waals surface area contributed by atoms with E-state index in [0.29, 0.717) is 39.5 Å². The molecule has 0 radical (unpaired) electrons. The lowest BCUT2D eigenvalue weighted by Gasteiger charge is -2.15. The van der Waals surface area contributed by atoms with E-state index in [2.05, 4.69) is 9.97 Å². The predicted octanol–water partition coefficient (Wildman–Crippen LogP) is 1.95. The number of aryl methyl sites for hydroxylation is 2. The van der Waals surface area contributed by atoms with Crippen LogP contribution in [0, 0.1) is 13.8 Å². The van der Waals surface area contributed by atoms with Crippen LogP contribution in [0.3, 0.4) is 0 Å². The maximum atomic E-state index is 12.8. The molecule has 186 valence electrons. The molecule has 1 aromatic heterocycles. The number of aliphatic carboxylic acids is 1. The number of nitrogens with two attached hydrogens (primary N) is 1. The van der Waals surface area contributed by atoms with E-state index in [1.54, 1.807) is 12.1 Å². The van der Waals surface area contributed by atoms with Crippen LogP contribution in [-0.2, 0) is 14.3 Å². The second kappa shape index (κ2) is 10.9. The number of hydrogen-bond acceptors (Lipinski definition) is 9. The van der Waals surface area contributed by atoms with E-state index < -0.39 is 24.4 Å².